The maximum atomic E-state index is 12.0. The molecule has 0 aromatic carbocycles. The molecule has 0 radical (unpaired) electrons. The average molecular weight is 249 g/mol. The molecule has 1 atom stereocenters. The molecule has 0 aromatic heterocycles. The molecule has 1 N–H and O–H groups in total. The van der Waals surface area contributed by atoms with Crippen molar-refractivity contribution in [2.45, 2.75) is 25.9 Å². The minimum atomic E-state index is -0.243. The van der Waals surface area contributed by atoms with Gasteiger partial charge in [-0.25, -0.2) is 0 Å². The van der Waals surface area contributed by atoms with E-state index in [9.17, 15) is 4.79 Å². The van der Waals surface area contributed by atoms with E-state index in [2.05, 4.69) is 12.2 Å². The molecule has 0 unspecified atom stereocenters. The Morgan fingerprint density at radius 3 is 2.62 bits per heavy atom. The second-order valence-electron chi connectivity index (χ2n) is 4.57. The van der Waals surface area contributed by atoms with Gasteiger partial charge in [-0.2, -0.15) is 0 Å². The van der Waals surface area contributed by atoms with Crippen LogP contribution < -0.4 is 5.32 Å². The minimum absolute atomic E-state index is 0. The van der Waals surface area contributed by atoms with Crippen LogP contribution in [0.3, 0.4) is 0 Å². The SMILES string of the molecule is CC1CCN(C(=O)[C@H]2CNCCO2)CC1.Cl. The van der Waals surface area contributed by atoms with E-state index in [0.29, 0.717) is 13.2 Å². The van der Waals surface area contributed by atoms with Crippen molar-refractivity contribution in [2.24, 2.45) is 5.92 Å². The van der Waals surface area contributed by atoms with Gasteiger partial charge in [0.2, 0.25) is 0 Å². The van der Waals surface area contributed by atoms with Crippen LogP contribution in [0.2, 0.25) is 0 Å². The molecule has 2 rings (SSSR count). The molecule has 2 aliphatic rings. The third-order valence-corrected chi connectivity index (χ3v) is 3.30. The fourth-order valence-corrected chi connectivity index (χ4v) is 2.16. The number of rotatable bonds is 1. The number of halogens is 1. The largest absolute Gasteiger partial charge is 0.366 e. The van der Waals surface area contributed by atoms with E-state index in [0.717, 1.165) is 38.4 Å². The zero-order valence-electron chi connectivity index (χ0n) is 9.78. The van der Waals surface area contributed by atoms with E-state index in [1.54, 1.807) is 0 Å². The van der Waals surface area contributed by atoms with Crippen LogP contribution in [0.25, 0.3) is 0 Å². The van der Waals surface area contributed by atoms with Gasteiger partial charge in [0.1, 0.15) is 6.10 Å². The Hall–Kier alpha value is -0.320. The highest BCUT2D eigenvalue weighted by Crippen LogP contribution is 2.17. The molecule has 0 aromatic rings. The van der Waals surface area contributed by atoms with E-state index < -0.39 is 0 Å². The number of morpholine rings is 1. The fourth-order valence-electron chi connectivity index (χ4n) is 2.16. The van der Waals surface area contributed by atoms with Gasteiger partial charge in [-0.15, -0.1) is 12.4 Å². The number of nitrogens with one attached hydrogen (secondary N) is 1. The number of amides is 1. The third-order valence-electron chi connectivity index (χ3n) is 3.30. The Morgan fingerprint density at radius 2 is 2.06 bits per heavy atom. The third kappa shape index (κ3) is 3.34. The summed E-state index contributed by atoms with van der Waals surface area (Å²) in [4.78, 5) is 14.0. The lowest BCUT2D eigenvalue weighted by Gasteiger charge is -2.34. The van der Waals surface area contributed by atoms with E-state index >= 15 is 0 Å². The van der Waals surface area contributed by atoms with Crippen LogP contribution in [0.15, 0.2) is 0 Å². The number of piperidine rings is 1. The molecule has 2 aliphatic heterocycles. The number of likely N-dealkylation sites (tertiary alicyclic amines) is 1. The minimum Gasteiger partial charge on any atom is -0.366 e. The van der Waals surface area contributed by atoms with Gasteiger partial charge in [-0.3, -0.25) is 4.79 Å². The lowest BCUT2D eigenvalue weighted by atomic mass is 9.99. The summed E-state index contributed by atoms with van der Waals surface area (Å²) < 4.78 is 5.47. The van der Waals surface area contributed by atoms with E-state index in [-0.39, 0.29) is 24.4 Å². The first-order valence-corrected chi connectivity index (χ1v) is 5.88. The Labute approximate surface area is 103 Å². The Morgan fingerprint density at radius 1 is 1.38 bits per heavy atom. The number of hydrogen-bond acceptors (Lipinski definition) is 3. The van der Waals surface area contributed by atoms with Gasteiger partial charge in [0.05, 0.1) is 6.61 Å². The molecule has 5 heteroatoms. The van der Waals surface area contributed by atoms with Gasteiger partial charge in [0.25, 0.3) is 5.91 Å². The molecule has 0 bridgehead atoms. The van der Waals surface area contributed by atoms with Gasteiger partial charge in [0, 0.05) is 26.2 Å². The average Bonchev–Trinajstić information content (AvgIpc) is 2.30. The molecule has 2 saturated heterocycles. The van der Waals surface area contributed by atoms with E-state index in [1.807, 2.05) is 4.90 Å². The normalized spacial score (nSPS) is 27.3. The fraction of sp³-hybridized carbons (Fsp3) is 0.909. The van der Waals surface area contributed by atoms with Crippen molar-refractivity contribution in [2.75, 3.05) is 32.8 Å². The summed E-state index contributed by atoms with van der Waals surface area (Å²) >= 11 is 0. The second-order valence-corrected chi connectivity index (χ2v) is 4.57. The molecule has 2 fully saturated rings. The lowest BCUT2D eigenvalue weighted by molar-refractivity contribution is -0.146. The van der Waals surface area contributed by atoms with Gasteiger partial charge >= 0.3 is 0 Å². The van der Waals surface area contributed by atoms with Crippen molar-refractivity contribution in [3.63, 3.8) is 0 Å². The smallest absolute Gasteiger partial charge is 0.253 e. The van der Waals surface area contributed by atoms with Crippen LogP contribution in [0.5, 0.6) is 0 Å². The van der Waals surface area contributed by atoms with Crippen LogP contribution in [0.1, 0.15) is 19.8 Å². The zero-order chi connectivity index (χ0) is 10.7. The maximum Gasteiger partial charge on any atom is 0.253 e. The predicted octanol–water partition coefficient (Wildman–Crippen LogP) is 0.655. The summed E-state index contributed by atoms with van der Waals surface area (Å²) in [6.07, 6.45) is 2.02. The molecule has 1 amide bonds. The molecule has 4 nitrogen and oxygen atoms in total. The highest BCUT2D eigenvalue weighted by Gasteiger charge is 2.28. The van der Waals surface area contributed by atoms with Gasteiger partial charge in [-0.05, 0) is 18.8 Å². The predicted molar refractivity (Wildman–Crippen MR) is 64.8 cm³/mol. The Bertz CT molecular complexity index is 224. The van der Waals surface area contributed by atoms with Crippen molar-refractivity contribution in [3.05, 3.63) is 0 Å². The van der Waals surface area contributed by atoms with E-state index in [1.165, 1.54) is 0 Å². The summed E-state index contributed by atoms with van der Waals surface area (Å²) in [5.41, 5.74) is 0. The molecule has 0 saturated carbocycles. The Balaban J connectivity index is 0.00000128. The maximum absolute atomic E-state index is 12.0. The number of nitrogens with zero attached hydrogens (tertiary/aromatic N) is 1. The van der Waals surface area contributed by atoms with Crippen LogP contribution in [0.4, 0.5) is 0 Å². The van der Waals surface area contributed by atoms with Crippen molar-refractivity contribution in [3.8, 4) is 0 Å². The summed E-state index contributed by atoms with van der Waals surface area (Å²) in [6, 6.07) is 0. The first kappa shape index (κ1) is 13.7. The molecule has 2 heterocycles. The molecular weight excluding hydrogens is 228 g/mol. The number of hydrogen-bond donors (Lipinski definition) is 1. The highest BCUT2D eigenvalue weighted by atomic mass is 35.5. The van der Waals surface area contributed by atoms with E-state index in [4.69, 9.17) is 4.74 Å². The van der Waals surface area contributed by atoms with Crippen molar-refractivity contribution in [1.82, 2.24) is 10.2 Å². The first-order valence-electron chi connectivity index (χ1n) is 5.88. The molecular formula is C11H21ClN2O2. The van der Waals surface area contributed by atoms with Crippen LogP contribution >= 0.6 is 12.4 Å². The summed E-state index contributed by atoms with van der Waals surface area (Å²) in [5.74, 6) is 0.938. The molecule has 0 aliphatic carbocycles. The summed E-state index contributed by atoms with van der Waals surface area (Å²) in [5, 5.41) is 3.19. The number of ether oxygens (including phenoxy) is 1. The molecule has 16 heavy (non-hydrogen) atoms. The van der Waals surface area contributed by atoms with Crippen molar-refractivity contribution in [1.29, 1.82) is 0 Å². The second kappa shape index (κ2) is 6.42. The highest BCUT2D eigenvalue weighted by molar-refractivity contribution is 5.85. The van der Waals surface area contributed by atoms with Crippen LogP contribution in [0, 0.1) is 5.92 Å². The quantitative estimate of drug-likeness (QED) is 0.741. The van der Waals surface area contributed by atoms with Gasteiger partial charge in [-0.1, -0.05) is 6.92 Å². The monoisotopic (exact) mass is 248 g/mol. The van der Waals surface area contributed by atoms with Gasteiger partial charge in [0.15, 0.2) is 0 Å². The van der Waals surface area contributed by atoms with Crippen molar-refractivity contribution >= 4 is 18.3 Å². The number of carbonyl (C=O) groups is 1. The zero-order valence-corrected chi connectivity index (χ0v) is 10.6. The van der Waals surface area contributed by atoms with Crippen LogP contribution in [-0.4, -0.2) is 49.7 Å². The first-order chi connectivity index (χ1) is 7.27. The van der Waals surface area contributed by atoms with Crippen LogP contribution in [-0.2, 0) is 9.53 Å². The Kier molecular flexibility index (Phi) is 5.52. The summed E-state index contributed by atoms with van der Waals surface area (Å²) in [6.45, 7) is 6.24. The summed E-state index contributed by atoms with van der Waals surface area (Å²) in [7, 11) is 0. The van der Waals surface area contributed by atoms with Gasteiger partial charge < -0.3 is 15.0 Å². The molecule has 0 spiro atoms. The lowest BCUT2D eigenvalue weighted by Crippen LogP contribution is -2.51. The number of carbonyl (C=O) groups excluding carboxylic acids is 1. The standard InChI is InChI=1S/C11H20N2O2.ClH/c1-9-2-5-13(6-3-9)11(14)10-8-12-4-7-15-10;/h9-10,12H,2-8H2,1H3;1H/t10-;/m1./s1. The molecule has 94 valence electrons. The topological polar surface area (TPSA) is 41.6 Å². The van der Waals surface area contributed by atoms with Crippen molar-refractivity contribution < 1.29 is 9.53 Å².